The van der Waals surface area contributed by atoms with E-state index >= 15 is 0 Å². The number of amides is 1. The first-order chi connectivity index (χ1) is 10.3. The zero-order valence-electron chi connectivity index (χ0n) is 13.1. The number of carbonyl (C=O) groups is 1. The maximum atomic E-state index is 11.6. The van der Waals surface area contributed by atoms with Crippen molar-refractivity contribution < 1.29 is 9.53 Å². The highest BCUT2D eigenvalue weighted by Gasteiger charge is 2.01. The molecule has 0 heterocycles. The van der Waals surface area contributed by atoms with Crippen molar-refractivity contribution in [1.82, 2.24) is 5.43 Å². The molecule has 4 nitrogen and oxygen atoms in total. The van der Waals surface area contributed by atoms with Gasteiger partial charge in [-0.2, -0.15) is 5.10 Å². The van der Waals surface area contributed by atoms with Crippen LogP contribution in [0.25, 0.3) is 0 Å². The predicted molar refractivity (Wildman–Crippen MR) is 86.7 cm³/mol. The van der Waals surface area contributed by atoms with Crippen molar-refractivity contribution in [3.63, 3.8) is 0 Å². The molecule has 0 spiro atoms. The van der Waals surface area contributed by atoms with E-state index in [-0.39, 0.29) is 5.91 Å². The highest BCUT2D eigenvalue weighted by Crippen LogP contribution is 2.15. The number of rotatable bonds is 10. The Morgan fingerprint density at radius 1 is 1.19 bits per heavy atom. The van der Waals surface area contributed by atoms with Gasteiger partial charge in [-0.1, -0.05) is 44.7 Å². The van der Waals surface area contributed by atoms with Gasteiger partial charge in [0.1, 0.15) is 5.75 Å². The van der Waals surface area contributed by atoms with Crippen LogP contribution in [0.15, 0.2) is 29.4 Å². The fourth-order valence-corrected chi connectivity index (χ4v) is 1.99. The lowest BCUT2D eigenvalue weighted by molar-refractivity contribution is -0.121. The van der Waals surface area contributed by atoms with Crippen LogP contribution in [0.3, 0.4) is 0 Å². The van der Waals surface area contributed by atoms with Crippen molar-refractivity contribution >= 4 is 12.1 Å². The lowest BCUT2D eigenvalue weighted by atomic mass is 10.1. The molecule has 1 rings (SSSR count). The third-order valence-corrected chi connectivity index (χ3v) is 3.12. The zero-order valence-corrected chi connectivity index (χ0v) is 13.1. The first-order valence-corrected chi connectivity index (χ1v) is 7.81. The summed E-state index contributed by atoms with van der Waals surface area (Å²) in [5.41, 5.74) is 3.43. The number of carbonyl (C=O) groups excluding carboxylic acids is 1. The molecular formula is C17H26N2O2. The molecule has 1 amide bonds. The molecule has 0 bridgehead atoms. The Bertz CT molecular complexity index is 444. The molecule has 0 aromatic heterocycles. The monoisotopic (exact) mass is 290 g/mol. The Labute approximate surface area is 127 Å². The van der Waals surface area contributed by atoms with E-state index in [1.807, 2.05) is 31.2 Å². The quantitative estimate of drug-likeness (QED) is 0.404. The molecule has 0 aliphatic rings. The third kappa shape index (κ3) is 7.49. The van der Waals surface area contributed by atoms with Crippen molar-refractivity contribution in [2.75, 3.05) is 6.61 Å². The van der Waals surface area contributed by atoms with Crippen LogP contribution < -0.4 is 10.2 Å². The minimum Gasteiger partial charge on any atom is -0.493 e. The van der Waals surface area contributed by atoms with Crippen molar-refractivity contribution in [2.45, 2.75) is 52.4 Å². The maximum Gasteiger partial charge on any atom is 0.240 e. The molecular weight excluding hydrogens is 264 g/mol. The Morgan fingerprint density at radius 3 is 2.71 bits per heavy atom. The maximum absolute atomic E-state index is 11.6. The van der Waals surface area contributed by atoms with E-state index in [0.717, 1.165) is 24.2 Å². The summed E-state index contributed by atoms with van der Waals surface area (Å²) < 4.78 is 5.49. The number of para-hydroxylation sites is 1. The Morgan fingerprint density at radius 2 is 1.95 bits per heavy atom. The minimum atomic E-state index is -0.0309. The van der Waals surface area contributed by atoms with Gasteiger partial charge in [0.05, 0.1) is 12.8 Å². The van der Waals surface area contributed by atoms with Crippen LogP contribution in [0.2, 0.25) is 0 Å². The lowest BCUT2D eigenvalue weighted by Gasteiger charge is -2.05. The standard InChI is InChI=1S/C17H26N2O2/c1-3-5-6-7-8-13-17(20)19-18-14-15-11-9-10-12-16(15)21-4-2/h9-12,14H,3-8,13H2,1-2H3,(H,19,20)/b18-14+. The highest BCUT2D eigenvalue weighted by molar-refractivity contribution is 5.85. The fourth-order valence-electron chi connectivity index (χ4n) is 1.99. The molecule has 1 N–H and O–H groups in total. The molecule has 1 aromatic carbocycles. The molecule has 0 aliphatic heterocycles. The van der Waals surface area contributed by atoms with Gasteiger partial charge in [0.2, 0.25) is 5.91 Å². The molecule has 116 valence electrons. The van der Waals surface area contributed by atoms with E-state index < -0.39 is 0 Å². The molecule has 0 saturated heterocycles. The summed E-state index contributed by atoms with van der Waals surface area (Å²) in [6.45, 7) is 4.73. The Balaban J connectivity index is 2.32. The summed E-state index contributed by atoms with van der Waals surface area (Å²) >= 11 is 0. The van der Waals surface area contributed by atoms with Crippen LogP contribution in [0.4, 0.5) is 0 Å². The second kappa shape index (κ2) is 10.9. The number of nitrogens with zero attached hydrogens (tertiary/aromatic N) is 1. The molecule has 0 unspecified atom stereocenters. The molecule has 0 radical (unpaired) electrons. The first kappa shape index (κ1) is 17.2. The summed E-state index contributed by atoms with van der Waals surface area (Å²) in [7, 11) is 0. The minimum absolute atomic E-state index is 0.0309. The summed E-state index contributed by atoms with van der Waals surface area (Å²) in [5.74, 6) is 0.745. The Hall–Kier alpha value is -1.84. The van der Waals surface area contributed by atoms with Gasteiger partial charge in [-0.15, -0.1) is 0 Å². The third-order valence-electron chi connectivity index (χ3n) is 3.12. The fraction of sp³-hybridized carbons (Fsp3) is 0.529. The van der Waals surface area contributed by atoms with E-state index in [4.69, 9.17) is 4.74 Å². The topological polar surface area (TPSA) is 50.7 Å². The normalized spacial score (nSPS) is 10.8. The number of benzene rings is 1. The van der Waals surface area contributed by atoms with Gasteiger partial charge in [-0.3, -0.25) is 4.79 Å². The largest absolute Gasteiger partial charge is 0.493 e. The van der Waals surface area contributed by atoms with Crippen LogP contribution in [0.1, 0.15) is 57.9 Å². The second-order valence-corrected chi connectivity index (χ2v) is 4.93. The van der Waals surface area contributed by atoms with Crippen LogP contribution in [-0.2, 0) is 4.79 Å². The van der Waals surface area contributed by atoms with E-state index in [9.17, 15) is 4.79 Å². The van der Waals surface area contributed by atoms with E-state index in [2.05, 4.69) is 17.5 Å². The van der Waals surface area contributed by atoms with Crippen molar-refractivity contribution in [2.24, 2.45) is 5.10 Å². The van der Waals surface area contributed by atoms with Gasteiger partial charge in [-0.25, -0.2) is 5.43 Å². The number of nitrogens with one attached hydrogen (secondary N) is 1. The average molecular weight is 290 g/mol. The van der Waals surface area contributed by atoms with Crippen LogP contribution >= 0.6 is 0 Å². The van der Waals surface area contributed by atoms with Gasteiger partial charge >= 0.3 is 0 Å². The van der Waals surface area contributed by atoms with E-state index in [1.54, 1.807) is 6.21 Å². The van der Waals surface area contributed by atoms with E-state index in [0.29, 0.717) is 13.0 Å². The number of hydrazone groups is 1. The Kier molecular flexibility index (Phi) is 8.93. The molecule has 0 atom stereocenters. The van der Waals surface area contributed by atoms with E-state index in [1.165, 1.54) is 19.3 Å². The number of hydrogen-bond acceptors (Lipinski definition) is 3. The predicted octanol–water partition coefficient (Wildman–Crippen LogP) is 3.90. The van der Waals surface area contributed by atoms with Gasteiger partial charge in [0.15, 0.2) is 0 Å². The summed E-state index contributed by atoms with van der Waals surface area (Å²) in [6.07, 6.45) is 7.86. The van der Waals surface area contributed by atoms with Crippen LogP contribution in [-0.4, -0.2) is 18.7 Å². The molecule has 1 aromatic rings. The number of hydrogen-bond donors (Lipinski definition) is 1. The molecule has 0 fully saturated rings. The highest BCUT2D eigenvalue weighted by atomic mass is 16.5. The smallest absolute Gasteiger partial charge is 0.240 e. The summed E-state index contributed by atoms with van der Waals surface area (Å²) in [4.78, 5) is 11.6. The van der Waals surface area contributed by atoms with Crippen molar-refractivity contribution in [1.29, 1.82) is 0 Å². The zero-order chi connectivity index (χ0) is 15.3. The summed E-state index contributed by atoms with van der Waals surface area (Å²) in [5, 5.41) is 3.99. The van der Waals surface area contributed by atoms with Crippen LogP contribution in [0.5, 0.6) is 5.75 Å². The number of ether oxygens (including phenoxy) is 1. The van der Waals surface area contributed by atoms with Gasteiger partial charge in [0.25, 0.3) is 0 Å². The van der Waals surface area contributed by atoms with Crippen molar-refractivity contribution in [3.05, 3.63) is 29.8 Å². The molecule has 4 heteroatoms. The number of unbranched alkanes of at least 4 members (excludes halogenated alkanes) is 4. The lowest BCUT2D eigenvalue weighted by Crippen LogP contribution is -2.17. The first-order valence-electron chi connectivity index (χ1n) is 7.81. The van der Waals surface area contributed by atoms with Crippen molar-refractivity contribution in [3.8, 4) is 5.75 Å². The molecule has 21 heavy (non-hydrogen) atoms. The van der Waals surface area contributed by atoms with Gasteiger partial charge < -0.3 is 4.74 Å². The SMILES string of the molecule is CCCCCCCC(=O)N/N=C/c1ccccc1OCC. The van der Waals surface area contributed by atoms with Gasteiger partial charge in [0, 0.05) is 12.0 Å². The molecule has 0 aliphatic carbocycles. The average Bonchev–Trinajstić information content (AvgIpc) is 2.49. The second-order valence-electron chi connectivity index (χ2n) is 4.93. The van der Waals surface area contributed by atoms with Gasteiger partial charge in [-0.05, 0) is 25.5 Å². The van der Waals surface area contributed by atoms with Crippen LogP contribution in [0, 0.1) is 0 Å². The summed E-state index contributed by atoms with van der Waals surface area (Å²) in [6, 6.07) is 7.63. The molecule has 0 saturated carbocycles.